The molecule has 0 unspecified atom stereocenters. The molecule has 1 N–H and O–H groups in total. The second-order valence-electron chi connectivity index (χ2n) is 4.19. The fraction of sp³-hybridized carbons (Fsp3) is 0.800. The zero-order valence-electron chi connectivity index (χ0n) is 8.90. The van der Waals surface area contributed by atoms with Gasteiger partial charge in [-0.2, -0.15) is 5.10 Å². The molecule has 4 heteroatoms. The van der Waals surface area contributed by atoms with Crippen LogP contribution in [-0.4, -0.2) is 27.4 Å². The van der Waals surface area contributed by atoms with E-state index in [1.807, 2.05) is 4.68 Å². The van der Waals surface area contributed by atoms with Crippen molar-refractivity contribution in [3.05, 3.63) is 12.2 Å². The standard InChI is InChI=1S/C10H18N4/c1-8(2)14-10(12-7-13-14)5-6-11-9-3-4-9/h7-9,11H,3-6H2,1-2H3. The van der Waals surface area contributed by atoms with Crippen molar-refractivity contribution >= 4 is 0 Å². The number of nitrogens with one attached hydrogen (secondary N) is 1. The van der Waals surface area contributed by atoms with Gasteiger partial charge < -0.3 is 5.32 Å². The summed E-state index contributed by atoms with van der Waals surface area (Å²) in [7, 11) is 0. The Balaban J connectivity index is 1.84. The Bertz CT molecular complexity index is 288. The lowest BCUT2D eigenvalue weighted by atomic mass is 10.3. The average Bonchev–Trinajstić information content (AvgIpc) is 2.82. The fourth-order valence-electron chi connectivity index (χ4n) is 1.56. The monoisotopic (exact) mass is 194 g/mol. The zero-order chi connectivity index (χ0) is 9.97. The van der Waals surface area contributed by atoms with Gasteiger partial charge in [0.05, 0.1) is 0 Å². The van der Waals surface area contributed by atoms with E-state index < -0.39 is 0 Å². The van der Waals surface area contributed by atoms with Crippen LogP contribution in [0.5, 0.6) is 0 Å². The molecule has 78 valence electrons. The Morgan fingerprint density at radius 2 is 2.36 bits per heavy atom. The Labute approximate surface area is 84.7 Å². The molecule has 1 aliphatic carbocycles. The lowest BCUT2D eigenvalue weighted by Gasteiger charge is -2.09. The largest absolute Gasteiger partial charge is 0.314 e. The predicted octanol–water partition coefficient (Wildman–Crippen LogP) is 1.15. The van der Waals surface area contributed by atoms with Crippen LogP contribution in [0, 0.1) is 0 Å². The average molecular weight is 194 g/mol. The van der Waals surface area contributed by atoms with Crippen LogP contribution in [0.15, 0.2) is 6.33 Å². The number of hydrogen-bond acceptors (Lipinski definition) is 3. The van der Waals surface area contributed by atoms with Gasteiger partial charge in [-0.1, -0.05) is 0 Å². The van der Waals surface area contributed by atoms with Gasteiger partial charge in [0.15, 0.2) is 0 Å². The van der Waals surface area contributed by atoms with Gasteiger partial charge in [-0.05, 0) is 26.7 Å². The number of hydrogen-bond donors (Lipinski definition) is 1. The second-order valence-corrected chi connectivity index (χ2v) is 4.19. The van der Waals surface area contributed by atoms with Gasteiger partial charge in [0.25, 0.3) is 0 Å². The number of rotatable bonds is 5. The van der Waals surface area contributed by atoms with E-state index in [1.165, 1.54) is 12.8 Å². The first-order valence-electron chi connectivity index (χ1n) is 5.39. The molecule has 1 aliphatic rings. The third-order valence-electron chi connectivity index (χ3n) is 2.50. The third kappa shape index (κ3) is 2.32. The van der Waals surface area contributed by atoms with Crippen LogP contribution >= 0.6 is 0 Å². The van der Waals surface area contributed by atoms with Crippen molar-refractivity contribution < 1.29 is 0 Å². The molecule has 0 atom stereocenters. The summed E-state index contributed by atoms with van der Waals surface area (Å²) in [4.78, 5) is 4.27. The van der Waals surface area contributed by atoms with E-state index >= 15 is 0 Å². The molecule has 0 bridgehead atoms. The minimum atomic E-state index is 0.411. The van der Waals surface area contributed by atoms with Crippen molar-refractivity contribution in [2.24, 2.45) is 0 Å². The first-order chi connectivity index (χ1) is 6.77. The molecular weight excluding hydrogens is 176 g/mol. The third-order valence-corrected chi connectivity index (χ3v) is 2.50. The highest BCUT2D eigenvalue weighted by molar-refractivity contribution is 4.89. The van der Waals surface area contributed by atoms with E-state index in [0.29, 0.717) is 6.04 Å². The molecule has 0 aromatic carbocycles. The van der Waals surface area contributed by atoms with Gasteiger partial charge >= 0.3 is 0 Å². The molecule has 0 radical (unpaired) electrons. The summed E-state index contributed by atoms with van der Waals surface area (Å²) in [5, 5.41) is 7.69. The first kappa shape index (κ1) is 9.65. The Hall–Kier alpha value is -0.900. The van der Waals surface area contributed by atoms with E-state index in [9.17, 15) is 0 Å². The van der Waals surface area contributed by atoms with Crippen molar-refractivity contribution in [2.45, 2.75) is 45.2 Å². The predicted molar refractivity (Wildman–Crippen MR) is 55.1 cm³/mol. The maximum absolute atomic E-state index is 4.27. The van der Waals surface area contributed by atoms with Crippen LogP contribution in [0.25, 0.3) is 0 Å². The lowest BCUT2D eigenvalue weighted by Crippen LogP contribution is -2.21. The molecule has 4 nitrogen and oxygen atoms in total. The molecule has 1 aromatic rings. The molecule has 14 heavy (non-hydrogen) atoms. The lowest BCUT2D eigenvalue weighted by molar-refractivity contribution is 0.499. The molecule has 0 spiro atoms. The Kier molecular flexibility index (Phi) is 2.82. The summed E-state index contributed by atoms with van der Waals surface area (Å²) in [6.07, 6.45) is 5.31. The van der Waals surface area contributed by atoms with Crippen molar-refractivity contribution in [3.63, 3.8) is 0 Å². The fourth-order valence-corrected chi connectivity index (χ4v) is 1.56. The van der Waals surface area contributed by atoms with Crippen LogP contribution in [0.3, 0.4) is 0 Å². The van der Waals surface area contributed by atoms with E-state index in [2.05, 4.69) is 29.2 Å². The summed E-state index contributed by atoms with van der Waals surface area (Å²) >= 11 is 0. The smallest absolute Gasteiger partial charge is 0.138 e. The molecule has 0 amide bonds. The quantitative estimate of drug-likeness (QED) is 0.764. The van der Waals surface area contributed by atoms with E-state index in [4.69, 9.17) is 0 Å². The van der Waals surface area contributed by atoms with Gasteiger partial charge in [0.1, 0.15) is 12.2 Å². The maximum atomic E-state index is 4.27. The zero-order valence-corrected chi connectivity index (χ0v) is 8.90. The number of nitrogens with zero attached hydrogens (tertiary/aromatic N) is 3. The molecule has 1 fully saturated rings. The van der Waals surface area contributed by atoms with Gasteiger partial charge in [0, 0.05) is 25.0 Å². The Morgan fingerprint density at radius 1 is 1.57 bits per heavy atom. The van der Waals surface area contributed by atoms with Gasteiger partial charge in [-0.3, -0.25) is 0 Å². The minimum Gasteiger partial charge on any atom is -0.314 e. The van der Waals surface area contributed by atoms with Crippen molar-refractivity contribution in [3.8, 4) is 0 Å². The van der Waals surface area contributed by atoms with Gasteiger partial charge in [-0.15, -0.1) is 0 Å². The molecule has 1 heterocycles. The van der Waals surface area contributed by atoms with E-state index in [1.54, 1.807) is 6.33 Å². The molecule has 0 aliphatic heterocycles. The molecule has 2 rings (SSSR count). The van der Waals surface area contributed by atoms with Crippen LogP contribution in [0.2, 0.25) is 0 Å². The van der Waals surface area contributed by atoms with Crippen LogP contribution in [0.4, 0.5) is 0 Å². The highest BCUT2D eigenvalue weighted by atomic mass is 15.3. The molecular formula is C10H18N4. The highest BCUT2D eigenvalue weighted by Gasteiger charge is 2.20. The van der Waals surface area contributed by atoms with E-state index in [-0.39, 0.29) is 0 Å². The Morgan fingerprint density at radius 3 is 3.00 bits per heavy atom. The molecule has 1 saturated carbocycles. The summed E-state index contributed by atoms with van der Waals surface area (Å²) in [5.74, 6) is 1.09. The number of aromatic nitrogens is 3. The van der Waals surface area contributed by atoms with Crippen molar-refractivity contribution in [1.82, 2.24) is 20.1 Å². The summed E-state index contributed by atoms with van der Waals surface area (Å²) < 4.78 is 1.99. The first-order valence-corrected chi connectivity index (χ1v) is 5.39. The van der Waals surface area contributed by atoms with E-state index in [0.717, 1.165) is 24.8 Å². The minimum absolute atomic E-state index is 0.411. The van der Waals surface area contributed by atoms with Crippen molar-refractivity contribution in [1.29, 1.82) is 0 Å². The highest BCUT2D eigenvalue weighted by Crippen LogP contribution is 2.18. The molecule has 1 aromatic heterocycles. The summed E-state index contributed by atoms with van der Waals surface area (Å²) in [6, 6.07) is 1.19. The second kappa shape index (κ2) is 4.09. The van der Waals surface area contributed by atoms with Crippen LogP contribution < -0.4 is 5.32 Å². The molecule has 0 saturated heterocycles. The normalized spacial score (nSPS) is 16.5. The summed E-state index contributed by atoms with van der Waals surface area (Å²) in [6.45, 7) is 5.29. The maximum Gasteiger partial charge on any atom is 0.138 e. The van der Waals surface area contributed by atoms with Crippen LogP contribution in [0.1, 0.15) is 38.6 Å². The SMILES string of the molecule is CC(C)n1ncnc1CCNC1CC1. The summed E-state index contributed by atoms with van der Waals surface area (Å²) in [5.41, 5.74) is 0. The van der Waals surface area contributed by atoms with Crippen LogP contribution in [-0.2, 0) is 6.42 Å². The van der Waals surface area contributed by atoms with Gasteiger partial charge in [0.2, 0.25) is 0 Å². The van der Waals surface area contributed by atoms with Gasteiger partial charge in [-0.25, -0.2) is 9.67 Å². The van der Waals surface area contributed by atoms with Crippen molar-refractivity contribution in [2.75, 3.05) is 6.54 Å². The topological polar surface area (TPSA) is 42.7 Å².